The second-order valence-corrected chi connectivity index (χ2v) is 4.56. The van der Waals surface area contributed by atoms with Crippen LogP contribution in [-0.4, -0.2) is 18.5 Å². The van der Waals surface area contributed by atoms with Gasteiger partial charge in [0.15, 0.2) is 0 Å². The van der Waals surface area contributed by atoms with Gasteiger partial charge in [-0.1, -0.05) is 0 Å². The highest BCUT2D eigenvalue weighted by Gasteiger charge is 2.04. The van der Waals surface area contributed by atoms with Crippen molar-refractivity contribution in [2.45, 2.75) is 19.9 Å². The van der Waals surface area contributed by atoms with Crippen LogP contribution in [0, 0.1) is 5.82 Å². The van der Waals surface area contributed by atoms with Gasteiger partial charge in [0.1, 0.15) is 5.82 Å². The summed E-state index contributed by atoms with van der Waals surface area (Å²) in [6, 6.07) is 4.64. The summed E-state index contributed by atoms with van der Waals surface area (Å²) in [6.45, 7) is 3.97. The van der Waals surface area contributed by atoms with Crippen molar-refractivity contribution in [3.8, 4) is 0 Å². The first-order valence-electron chi connectivity index (χ1n) is 4.97. The van der Waals surface area contributed by atoms with Gasteiger partial charge in [0, 0.05) is 11.7 Å². The molecule has 0 aliphatic heterocycles. The lowest BCUT2D eigenvalue weighted by molar-refractivity contribution is -0.119. The molecule has 0 aliphatic carbocycles. The zero-order chi connectivity index (χ0) is 12.1. The maximum Gasteiger partial charge on any atom is 0.239 e. The average Bonchev–Trinajstić information content (AvgIpc) is 2.19. The summed E-state index contributed by atoms with van der Waals surface area (Å²) in [5.74, 6) is -0.410. The number of rotatable bonds is 4. The highest BCUT2D eigenvalue weighted by atomic mass is 79.9. The minimum Gasteiger partial charge on any atom is -0.376 e. The van der Waals surface area contributed by atoms with Gasteiger partial charge in [-0.3, -0.25) is 4.79 Å². The third kappa shape index (κ3) is 4.18. The molecule has 0 spiro atoms. The molecule has 88 valence electrons. The monoisotopic (exact) mass is 288 g/mol. The zero-order valence-corrected chi connectivity index (χ0v) is 10.8. The standard InChI is InChI=1S/C11H14BrFN2O/c1-7(2)15-11(16)6-14-8-3-4-10(13)9(12)5-8/h3-5,7,14H,6H2,1-2H3,(H,15,16). The molecule has 3 nitrogen and oxygen atoms in total. The van der Waals surface area contributed by atoms with E-state index in [1.807, 2.05) is 13.8 Å². The first kappa shape index (κ1) is 13.0. The van der Waals surface area contributed by atoms with E-state index in [1.165, 1.54) is 6.07 Å². The first-order valence-corrected chi connectivity index (χ1v) is 5.76. The third-order valence-electron chi connectivity index (χ3n) is 1.82. The fourth-order valence-corrected chi connectivity index (χ4v) is 1.54. The number of nitrogens with one attached hydrogen (secondary N) is 2. The number of carbonyl (C=O) groups excluding carboxylic acids is 1. The van der Waals surface area contributed by atoms with E-state index in [1.54, 1.807) is 12.1 Å². The molecular weight excluding hydrogens is 275 g/mol. The van der Waals surface area contributed by atoms with Gasteiger partial charge in [-0.25, -0.2) is 4.39 Å². The Morgan fingerprint density at radius 2 is 2.19 bits per heavy atom. The molecule has 1 aromatic rings. The molecule has 0 saturated heterocycles. The molecule has 0 unspecified atom stereocenters. The number of amides is 1. The Hall–Kier alpha value is -1.10. The number of halogens is 2. The summed E-state index contributed by atoms with van der Waals surface area (Å²) in [7, 11) is 0. The largest absolute Gasteiger partial charge is 0.376 e. The molecule has 0 radical (unpaired) electrons. The Bertz CT molecular complexity index is 382. The van der Waals surface area contributed by atoms with Crippen molar-refractivity contribution >= 4 is 27.5 Å². The van der Waals surface area contributed by atoms with Gasteiger partial charge >= 0.3 is 0 Å². The lowest BCUT2D eigenvalue weighted by Gasteiger charge is -2.10. The van der Waals surface area contributed by atoms with Crippen LogP contribution in [0.3, 0.4) is 0 Å². The Labute approximate surface area is 103 Å². The Morgan fingerprint density at radius 3 is 2.75 bits per heavy atom. The van der Waals surface area contributed by atoms with Gasteiger partial charge < -0.3 is 10.6 Å². The smallest absolute Gasteiger partial charge is 0.239 e. The van der Waals surface area contributed by atoms with Gasteiger partial charge in [0.05, 0.1) is 11.0 Å². The fraction of sp³-hybridized carbons (Fsp3) is 0.364. The molecule has 0 atom stereocenters. The Kier molecular flexibility index (Phi) is 4.73. The van der Waals surface area contributed by atoms with Crippen LogP contribution in [0.25, 0.3) is 0 Å². The van der Waals surface area contributed by atoms with Crippen LogP contribution < -0.4 is 10.6 Å². The summed E-state index contributed by atoms with van der Waals surface area (Å²) in [5.41, 5.74) is 0.701. The molecule has 0 aliphatic rings. The summed E-state index contributed by atoms with van der Waals surface area (Å²) >= 11 is 3.08. The van der Waals surface area contributed by atoms with E-state index in [-0.39, 0.29) is 24.3 Å². The molecule has 1 aromatic carbocycles. The maximum absolute atomic E-state index is 12.9. The summed E-state index contributed by atoms with van der Waals surface area (Å²) in [5, 5.41) is 5.66. The number of benzene rings is 1. The topological polar surface area (TPSA) is 41.1 Å². The number of anilines is 1. The zero-order valence-electron chi connectivity index (χ0n) is 9.18. The summed E-state index contributed by atoms with van der Waals surface area (Å²) in [4.78, 5) is 11.3. The van der Waals surface area contributed by atoms with Crippen LogP contribution in [-0.2, 0) is 4.79 Å². The van der Waals surface area contributed by atoms with Gasteiger partial charge in [0.25, 0.3) is 0 Å². The summed E-state index contributed by atoms with van der Waals surface area (Å²) in [6.07, 6.45) is 0. The van der Waals surface area contributed by atoms with E-state index in [0.717, 1.165) is 0 Å². The normalized spacial score (nSPS) is 10.3. The average molecular weight is 289 g/mol. The van der Waals surface area contributed by atoms with E-state index < -0.39 is 0 Å². The quantitative estimate of drug-likeness (QED) is 0.894. The molecule has 0 fully saturated rings. The molecule has 0 heterocycles. The van der Waals surface area contributed by atoms with E-state index in [0.29, 0.717) is 10.2 Å². The molecule has 1 rings (SSSR count). The van der Waals surface area contributed by atoms with Gasteiger partial charge in [-0.05, 0) is 48.0 Å². The van der Waals surface area contributed by atoms with Crippen LogP contribution >= 0.6 is 15.9 Å². The van der Waals surface area contributed by atoms with Crippen molar-refractivity contribution in [3.05, 3.63) is 28.5 Å². The first-order chi connectivity index (χ1) is 7.49. The number of hydrogen-bond donors (Lipinski definition) is 2. The van der Waals surface area contributed by atoms with Crippen molar-refractivity contribution in [3.63, 3.8) is 0 Å². The third-order valence-corrected chi connectivity index (χ3v) is 2.43. The van der Waals surface area contributed by atoms with E-state index in [2.05, 4.69) is 26.6 Å². The van der Waals surface area contributed by atoms with Crippen LogP contribution in [0.2, 0.25) is 0 Å². The molecule has 5 heteroatoms. The van der Waals surface area contributed by atoms with E-state index in [4.69, 9.17) is 0 Å². The van der Waals surface area contributed by atoms with Crippen molar-refractivity contribution in [2.75, 3.05) is 11.9 Å². The minimum absolute atomic E-state index is 0.0875. The maximum atomic E-state index is 12.9. The predicted octanol–water partition coefficient (Wildman–Crippen LogP) is 2.52. The predicted molar refractivity (Wildman–Crippen MR) is 65.9 cm³/mol. The molecule has 2 N–H and O–H groups in total. The van der Waals surface area contributed by atoms with E-state index >= 15 is 0 Å². The van der Waals surface area contributed by atoms with Gasteiger partial charge in [-0.15, -0.1) is 0 Å². The minimum atomic E-state index is -0.322. The lowest BCUT2D eigenvalue weighted by atomic mass is 10.3. The fourth-order valence-electron chi connectivity index (χ4n) is 1.16. The van der Waals surface area contributed by atoms with Gasteiger partial charge in [0.2, 0.25) is 5.91 Å². The van der Waals surface area contributed by atoms with Crippen LogP contribution in [0.5, 0.6) is 0 Å². The van der Waals surface area contributed by atoms with Crippen molar-refractivity contribution in [1.82, 2.24) is 5.32 Å². The molecule has 0 aromatic heterocycles. The van der Waals surface area contributed by atoms with Crippen molar-refractivity contribution < 1.29 is 9.18 Å². The molecular formula is C11H14BrFN2O. The van der Waals surface area contributed by atoms with Crippen molar-refractivity contribution in [1.29, 1.82) is 0 Å². The second kappa shape index (κ2) is 5.84. The molecule has 16 heavy (non-hydrogen) atoms. The van der Waals surface area contributed by atoms with Crippen LogP contribution in [0.4, 0.5) is 10.1 Å². The second-order valence-electron chi connectivity index (χ2n) is 3.70. The Balaban J connectivity index is 2.48. The van der Waals surface area contributed by atoms with E-state index in [9.17, 15) is 9.18 Å². The highest BCUT2D eigenvalue weighted by molar-refractivity contribution is 9.10. The van der Waals surface area contributed by atoms with Gasteiger partial charge in [-0.2, -0.15) is 0 Å². The SMILES string of the molecule is CC(C)NC(=O)CNc1ccc(F)c(Br)c1. The highest BCUT2D eigenvalue weighted by Crippen LogP contribution is 2.19. The molecule has 0 bridgehead atoms. The Morgan fingerprint density at radius 1 is 1.50 bits per heavy atom. The lowest BCUT2D eigenvalue weighted by Crippen LogP contribution is -2.34. The summed E-state index contributed by atoms with van der Waals surface area (Å²) < 4.78 is 13.3. The van der Waals surface area contributed by atoms with Crippen LogP contribution in [0.15, 0.2) is 22.7 Å². The number of carbonyl (C=O) groups is 1. The van der Waals surface area contributed by atoms with Crippen molar-refractivity contribution in [2.24, 2.45) is 0 Å². The number of hydrogen-bond acceptors (Lipinski definition) is 2. The van der Waals surface area contributed by atoms with Crippen LogP contribution in [0.1, 0.15) is 13.8 Å². The molecule has 0 saturated carbocycles. The molecule has 1 amide bonds.